The predicted octanol–water partition coefficient (Wildman–Crippen LogP) is 2.97. The lowest BCUT2D eigenvalue weighted by atomic mass is 10.1. The zero-order chi connectivity index (χ0) is 16.8. The van der Waals surface area contributed by atoms with Crippen molar-refractivity contribution >= 4 is 49.8 Å². The molecule has 4 N–H and O–H groups in total. The number of halogens is 2. The Morgan fingerprint density at radius 2 is 1.70 bits per heavy atom. The molecule has 2 amide bonds. The molecule has 0 aromatic heterocycles. The van der Waals surface area contributed by atoms with E-state index in [4.69, 9.17) is 5.84 Å². The lowest BCUT2D eigenvalue weighted by Crippen LogP contribution is -2.38. The van der Waals surface area contributed by atoms with Crippen molar-refractivity contribution in [1.29, 1.82) is 0 Å². The fourth-order valence-electron chi connectivity index (χ4n) is 1.79. The van der Waals surface area contributed by atoms with E-state index in [9.17, 15) is 9.59 Å². The van der Waals surface area contributed by atoms with Gasteiger partial charge in [0.25, 0.3) is 11.8 Å². The van der Waals surface area contributed by atoms with Crippen molar-refractivity contribution in [3.8, 4) is 0 Å². The van der Waals surface area contributed by atoms with Crippen molar-refractivity contribution in [2.75, 3.05) is 0 Å². The summed E-state index contributed by atoms with van der Waals surface area (Å²) in [6.45, 7) is 0. The van der Waals surface area contributed by atoms with Crippen molar-refractivity contribution < 1.29 is 9.59 Å². The first-order chi connectivity index (χ1) is 11.0. The second-order valence-electron chi connectivity index (χ2n) is 4.55. The van der Waals surface area contributed by atoms with E-state index in [0.717, 1.165) is 14.5 Å². The quantitative estimate of drug-likeness (QED) is 0.297. The van der Waals surface area contributed by atoms with Gasteiger partial charge >= 0.3 is 0 Å². The zero-order valence-electron chi connectivity index (χ0n) is 11.8. The van der Waals surface area contributed by atoms with Crippen LogP contribution in [0.25, 0.3) is 6.08 Å². The summed E-state index contributed by atoms with van der Waals surface area (Å²) in [6, 6.07) is 14.1. The molecule has 0 spiro atoms. The minimum absolute atomic E-state index is 0.0554. The average Bonchev–Trinajstić information content (AvgIpc) is 2.55. The van der Waals surface area contributed by atoms with Crippen molar-refractivity contribution in [3.63, 3.8) is 0 Å². The largest absolute Gasteiger partial charge is 0.317 e. The molecule has 2 rings (SSSR count). The van der Waals surface area contributed by atoms with Crippen LogP contribution in [0.2, 0.25) is 0 Å². The maximum atomic E-state index is 12.3. The van der Waals surface area contributed by atoms with Gasteiger partial charge in [-0.3, -0.25) is 15.0 Å². The van der Waals surface area contributed by atoms with E-state index in [-0.39, 0.29) is 5.70 Å². The van der Waals surface area contributed by atoms with Gasteiger partial charge in [-0.1, -0.05) is 50.1 Å². The number of nitrogens with two attached hydrogens (primary N) is 1. The molecule has 0 aliphatic carbocycles. The highest BCUT2D eigenvalue weighted by molar-refractivity contribution is 9.10. The van der Waals surface area contributed by atoms with E-state index in [0.29, 0.717) is 5.56 Å². The third kappa shape index (κ3) is 5.02. The molecule has 0 unspecified atom stereocenters. The van der Waals surface area contributed by atoms with Crippen molar-refractivity contribution in [2.45, 2.75) is 0 Å². The summed E-state index contributed by atoms with van der Waals surface area (Å²) in [5.41, 5.74) is 3.25. The van der Waals surface area contributed by atoms with Gasteiger partial charge in [0.2, 0.25) is 0 Å². The fourth-order valence-corrected chi connectivity index (χ4v) is 2.45. The van der Waals surface area contributed by atoms with Gasteiger partial charge in [-0.2, -0.15) is 0 Å². The summed E-state index contributed by atoms with van der Waals surface area (Å²) in [4.78, 5) is 24.2. The van der Waals surface area contributed by atoms with Gasteiger partial charge in [-0.15, -0.1) is 0 Å². The molecule has 0 bridgehead atoms. The molecule has 0 saturated heterocycles. The highest BCUT2D eigenvalue weighted by atomic mass is 79.9. The molecule has 0 radical (unpaired) electrons. The van der Waals surface area contributed by atoms with Gasteiger partial charge < -0.3 is 5.32 Å². The number of amides is 2. The Balaban J connectivity index is 2.27. The van der Waals surface area contributed by atoms with Gasteiger partial charge in [-0.05, 0) is 42.0 Å². The second-order valence-corrected chi connectivity index (χ2v) is 6.38. The summed E-state index contributed by atoms with van der Waals surface area (Å²) < 4.78 is 1.68. The molecular weight excluding hydrogens is 426 g/mol. The topological polar surface area (TPSA) is 84.2 Å². The zero-order valence-corrected chi connectivity index (χ0v) is 15.0. The van der Waals surface area contributed by atoms with E-state index in [1.54, 1.807) is 36.4 Å². The van der Waals surface area contributed by atoms with Crippen molar-refractivity contribution in [1.82, 2.24) is 10.7 Å². The number of benzene rings is 2. The first kappa shape index (κ1) is 17.4. The number of hydrogen-bond acceptors (Lipinski definition) is 3. The Bertz CT molecular complexity index is 758. The normalized spacial score (nSPS) is 11.0. The Kier molecular flexibility index (Phi) is 6.09. The van der Waals surface area contributed by atoms with Gasteiger partial charge in [-0.25, -0.2) is 5.84 Å². The number of nitrogens with one attached hydrogen (secondary N) is 2. The maximum absolute atomic E-state index is 12.3. The van der Waals surface area contributed by atoms with E-state index in [1.165, 1.54) is 0 Å². The van der Waals surface area contributed by atoms with E-state index >= 15 is 0 Å². The van der Waals surface area contributed by atoms with Crippen LogP contribution in [0.15, 0.2) is 63.2 Å². The average molecular weight is 439 g/mol. The van der Waals surface area contributed by atoms with Crippen LogP contribution in [0.1, 0.15) is 15.9 Å². The Morgan fingerprint density at radius 3 is 2.30 bits per heavy atom. The smallest absolute Gasteiger partial charge is 0.281 e. The Labute approximate surface area is 150 Å². The summed E-state index contributed by atoms with van der Waals surface area (Å²) in [7, 11) is 0. The molecule has 0 saturated carbocycles. The predicted molar refractivity (Wildman–Crippen MR) is 96.1 cm³/mol. The van der Waals surface area contributed by atoms with E-state index in [1.807, 2.05) is 23.6 Å². The SMILES string of the molecule is NNC(=O)C(=Cc1ccc(Br)cc1)NC(=O)c1cccc(Br)c1. The molecule has 0 atom stereocenters. The van der Waals surface area contributed by atoms with Crippen LogP contribution < -0.4 is 16.6 Å². The first-order valence-corrected chi connectivity index (χ1v) is 8.13. The monoisotopic (exact) mass is 437 g/mol. The molecule has 0 heterocycles. The summed E-state index contributed by atoms with van der Waals surface area (Å²) >= 11 is 6.64. The van der Waals surface area contributed by atoms with E-state index < -0.39 is 11.8 Å². The number of carbonyl (C=O) groups is 2. The number of carbonyl (C=O) groups excluding carboxylic acids is 2. The third-order valence-corrected chi connectivity index (χ3v) is 3.91. The van der Waals surface area contributed by atoms with Gasteiger partial charge in [0, 0.05) is 14.5 Å². The molecule has 2 aromatic rings. The number of hydrogen-bond donors (Lipinski definition) is 3. The molecule has 0 aliphatic rings. The standard InChI is InChI=1S/C16H13Br2N3O2/c17-12-6-4-10(5-7-12)8-14(16(23)21-19)20-15(22)11-2-1-3-13(18)9-11/h1-9H,19H2,(H,20,22)(H,21,23). The molecular formula is C16H13Br2N3O2. The Hall–Kier alpha value is -1.96. The maximum Gasteiger partial charge on any atom is 0.281 e. The molecule has 0 fully saturated rings. The van der Waals surface area contributed by atoms with Gasteiger partial charge in [0.05, 0.1) is 0 Å². The van der Waals surface area contributed by atoms with Crippen LogP contribution >= 0.6 is 31.9 Å². The van der Waals surface area contributed by atoms with Crippen LogP contribution in [-0.2, 0) is 4.79 Å². The molecule has 7 heteroatoms. The van der Waals surface area contributed by atoms with Gasteiger partial charge in [0.15, 0.2) is 0 Å². The minimum atomic E-state index is -0.587. The van der Waals surface area contributed by atoms with Crippen LogP contribution in [-0.4, -0.2) is 11.8 Å². The number of rotatable bonds is 4. The number of hydrazine groups is 1. The van der Waals surface area contributed by atoms with Crippen LogP contribution in [0.4, 0.5) is 0 Å². The Morgan fingerprint density at radius 1 is 1.00 bits per heavy atom. The molecule has 0 aliphatic heterocycles. The lowest BCUT2D eigenvalue weighted by Gasteiger charge is -2.09. The second kappa shape index (κ2) is 8.05. The van der Waals surface area contributed by atoms with Gasteiger partial charge in [0.1, 0.15) is 5.70 Å². The van der Waals surface area contributed by atoms with Crippen molar-refractivity contribution in [2.24, 2.45) is 5.84 Å². The highest BCUT2D eigenvalue weighted by Gasteiger charge is 2.13. The molecule has 2 aromatic carbocycles. The molecule has 23 heavy (non-hydrogen) atoms. The minimum Gasteiger partial charge on any atom is -0.317 e. The summed E-state index contributed by atoms with van der Waals surface area (Å²) in [5.74, 6) is 4.19. The third-order valence-electron chi connectivity index (χ3n) is 2.89. The summed E-state index contributed by atoms with van der Waals surface area (Å²) in [6.07, 6.45) is 1.55. The molecule has 5 nitrogen and oxygen atoms in total. The van der Waals surface area contributed by atoms with Crippen LogP contribution in [0.3, 0.4) is 0 Å². The highest BCUT2D eigenvalue weighted by Crippen LogP contribution is 2.14. The van der Waals surface area contributed by atoms with E-state index in [2.05, 4.69) is 37.2 Å². The summed E-state index contributed by atoms with van der Waals surface area (Å²) in [5, 5.41) is 2.57. The lowest BCUT2D eigenvalue weighted by molar-refractivity contribution is -0.117. The first-order valence-electron chi connectivity index (χ1n) is 6.54. The van der Waals surface area contributed by atoms with Crippen LogP contribution in [0.5, 0.6) is 0 Å². The van der Waals surface area contributed by atoms with Crippen molar-refractivity contribution in [3.05, 3.63) is 74.3 Å². The molecule has 118 valence electrons. The fraction of sp³-hybridized carbons (Fsp3) is 0. The van der Waals surface area contributed by atoms with Crippen LogP contribution in [0, 0.1) is 0 Å².